The third-order valence-corrected chi connectivity index (χ3v) is 8.73. The summed E-state index contributed by atoms with van der Waals surface area (Å²) in [7, 11) is -2.92. The first-order valence-electron chi connectivity index (χ1n) is 13.9. The third-order valence-electron chi connectivity index (χ3n) is 6.80. The van der Waals surface area contributed by atoms with Crippen molar-refractivity contribution in [2.45, 2.75) is 65.0 Å². The molecule has 9 heteroatoms. The normalized spacial score (nSPS) is 17.6. The number of amides is 1. The molecule has 0 aromatic heterocycles. The lowest BCUT2D eigenvalue weighted by molar-refractivity contribution is 0.0830. The van der Waals surface area contributed by atoms with E-state index in [0.29, 0.717) is 49.0 Å². The molecule has 0 radical (unpaired) electrons. The van der Waals surface area contributed by atoms with E-state index >= 15 is 0 Å². The van der Waals surface area contributed by atoms with Gasteiger partial charge in [0, 0.05) is 30.9 Å². The van der Waals surface area contributed by atoms with Crippen molar-refractivity contribution in [3.8, 4) is 0 Å². The minimum atomic E-state index is -2.92. The summed E-state index contributed by atoms with van der Waals surface area (Å²) in [6.07, 6.45) is 3.51. The highest BCUT2D eigenvalue weighted by atomic mass is 32.3. The number of carbonyl (C=O) groups excluding carboxylic acids is 1. The van der Waals surface area contributed by atoms with Crippen LogP contribution in [-0.4, -0.2) is 64.2 Å². The molecule has 1 fully saturated rings. The number of nitrogens with zero attached hydrogens (tertiary/aromatic N) is 1. The Morgan fingerprint density at radius 2 is 1.87 bits per heavy atom. The fourth-order valence-electron chi connectivity index (χ4n) is 4.73. The van der Waals surface area contributed by atoms with Gasteiger partial charge in [-0.1, -0.05) is 44.2 Å². The Hall–Kier alpha value is -2.30. The van der Waals surface area contributed by atoms with Gasteiger partial charge in [0.05, 0.1) is 23.6 Å². The molecule has 1 aliphatic heterocycles. The van der Waals surface area contributed by atoms with Crippen LogP contribution in [0, 0.1) is 5.92 Å². The number of aliphatic hydroxyl groups is 1. The molecule has 8 nitrogen and oxygen atoms in total. The minimum absolute atomic E-state index is 0.306. The van der Waals surface area contributed by atoms with Crippen molar-refractivity contribution in [1.29, 1.82) is 0 Å². The molecular weight excluding hydrogens is 500 g/mol. The lowest BCUT2D eigenvalue weighted by Crippen LogP contribution is -2.49. The van der Waals surface area contributed by atoms with Crippen molar-refractivity contribution in [2.75, 3.05) is 41.6 Å². The molecular formula is C29H46N4O4S. The Labute approximate surface area is 229 Å². The second-order valence-corrected chi connectivity index (χ2v) is 12.6. The van der Waals surface area contributed by atoms with E-state index in [0.717, 1.165) is 43.5 Å². The SMILES string of the molecule is CCNc1cc(C(=O)N[C@@H](Cc2ccccc2)[C@H](O)CNCCCC(C)C)cc(N2CCCCS2(O)O)c1. The summed E-state index contributed by atoms with van der Waals surface area (Å²) < 4.78 is 23.0. The zero-order chi connectivity index (χ0) is 27.5. The number of hydrogen-bond donors (Lipinski definition) is 6. The summed E-state index contributed by atoms with van der Waals surface area (Å²) in [5, 5.41) is 20.7. The molecule has 0 bridgehead atoms. The van der Waals surface area contributed by atoms with E-state index < -0.39 is 22.9 Å². The van der Waals surface area contributed by atoms with Crippen molar-refractivity contribution >= 4 is 28.1 Å². The number of benzene rings is 2. The molecule has 0 aliphatic carbocycles. The van der Waals surface area contributed by atoms with Gasteiger partial charge in [-0.3, -0.25) is 18.2 Å². The lowest BCUT2D eigenvalue weighted by atomic mass is 10.00. The second-order valence-electron chi connectivity index (χ2n) is 10.5. The summed E-state index contributed by atoms with van der Waals surface area (Å²) >= 11 is 0. The number of nitrogens with one attached hydrogen (secondary N) is 3. The van der Waals surface area contributed by atoms with Gasteiger partial charge in [-0.05, 0) is 75.3 Å². The molecule has 0 saturated carbocycles. The number of hydrogen-bond acceptors (Lipinski definition) is 7. The summed E-state index contributed by atoms with van der Waals surface area (Å²) in [4.78, 5) is 13.5. The van der Waals surface area contributed by atoms with Gasteiger partial charge in [0.1, 0.15) is 0 Å². The van der Waals surface area contributed by atoms with Crippen molar-refractivity contribution in [3.05, 3.63) is 59.7 Å². The third kappa shape index (κ3) is 9.17. The quantitative estimate of drug-likeness (QED) is 0.182. The maximum absolute atomic E-state index is 13.5. The predicted molar refractivity (Wildman–Crippen MR) is 159 cm³/mol. The Kier molecular flexibility index (Phi) is 11.7. The van der Waals surface area contributed by atoms with Crippen molar-refractivity contribution in [1.82, 2.24) is 10.6 Å². The first-order chi connectivity index (χ1) is 18.2. The minimum Gasteiger partial charge on any atom is -0.390 e. The van der Waals surface area contributed by atoms with E-state index in [1.54, 1.807) is 16.4 Å². The van der Waals surface area contributed by atoms with Crippen LogP contribution in [0.5, 0.6) is 0 Å². The molecule has 0 spiro atoms. The molecule has 6 N–H and O–H groups in total. The van der Waals surface area contributed by atoms with Crippen LogP contribution in [0.4, 0.5) is 11.4 Å². The monoisotopic (exact) mass is 546 g/mol. The maximum Gasteiger partial charge on any atom is 0.251 e. The first kappa shape index (κ1) is 30.2. The van der Waals surface area contributed by atoms with Crippen LogP contribution in [0.15, 0.2) is 48.5 Å². The molecule has 2 aromatic carbocycles. The van der Waals surface area contributed by atoms with Crippen LogP contribution >= 0.6 is 10.8 Å². The van der Waals surface area contributed by atoms with Crippen molar-refractivity contribution in [3.63, 3.8) is 0 Å². The van der Waals surface area contributed by atoms with Crippen LogP contribution in [-0.2, 0) is 6.42 Å². The zero-order valence-electron chi connectivity index (χ0n) is 23.0. The van der Waals surface area contributed by atoms with E-state index in [4.69, 9.17) is 0 Å². The molecule has 2 aromatic rings. The van der Waals surface area contributed by atoms with E-state index in [9.17, 15) is 19.0 Å². The summed E-state index contributed by atoms with van der Waals surface area (Å²) in [6.45, 7) is 8.76. The number of aliphatic hydroxyl groups excluding tert-OH is 1. The predicted octanol–water partition coefficient (Wildman–Crippen LogP) is 5.11. The average Bonchev–Trinajstić information content (AvgIpc) is 2.88. The van der Waals surface area contributed by atoms with Gasteiger partial charge in [0.15, 0.2) is 0 Å². The molecule has 3 rings (SSSR count). The fourth-order valence-corrected chi connectivity index (χ4v) is 6.40. The van der Waals surface area contributed by atoms with Crippen LogP contribution in [0.1, 0.15) is 62.4 Å². The van der Waals surface area contributed by atoms with Gasteiger partial charge >= 0.3 is 0 Å². The molecule has 2 atom stereocenters. The molecule has 1 aliphatic rings. The van der Waals surface area contributed by atoms with Gasteiger partial charge in [0.25, 0.3) is 5.91 Å². The van der Waals surface area contributed by atoms with E-state index in [-0.39, 0.29) is 5.91 Å². The van der Waals surface area contributed by atoms with E-state index in [1.165, 1.54) is 0 Å². The molecule has 0 unspecified atom stereocenters. The molecule has 212 valence electrons. The Balaban J connectivity index is 1.78. The average molecular weight is 547 g/mol. The largest absolute Gasteiger partial charge is 0.390 e. The number of rotatable bonds is 14. The van der Waals surface area contributed by atoms with Crippen LogP contribution < -0.4 is 20.3 Å². The molecule has 1 amide bonds. The highest BCUT2D eigenvalue weighted by Gasteiger charge is 2.28. The van der Waals surface area contributed by atoms with Gasteiger partial charge in [0.2, 0.25) is 0 Å². The Morgan fingerprint density at radius 3 is 2.55 bits per heavy atom. The van der Waals surface area contributed by atoms with Gasteiger partial charge in [-0.25, -0.2) is 0 Å². The van der Waals surface area contributed by atoms with E-state index in [1.807, 2.05) is 43.3 Å². The lowest BCUT2D eigenvalue weighted by Gasteiger charge is -2.47. The summed E-state index contributed by atoms with van der Waals surface area (Å²) in [6, 6.07) is 14.7. The number of anilines is 2. The topological polar surface area (TPSA) is 117 Å². The van der Waals surface area contributed by atoms with Crippen LogP contribution in [0.25, 0.3) is 0 Å². The molecule has 38 heavy (non-hydrogen) atoms. The Morgan fingerprint density at radius 1 is 1.11 bits per heavy atom. The zero-order valence-corrected chi connectivity index (χ0v) is 23.8. The second kappa shape index (κ2) is 14.7. The fraction of sp³-hybridized carbons (Fsp3) is 0.552. The highest BCUT2D eigenvalue weighted by Crippen LogP contribution is 2.50. The molecule has 1 heterocycles. The van der Waals surface area contributed by atoms with Gasteiger partial charge < -0.3 is 21.1 Å². The van der Waals surface area contributed by atoms with Crippen LogP contribution in [0.2, 0.25) is 0 Å². The standard InChI is InChI=1S/C29H46N4O4S/c1-4-31-25-18-24(19-26(20-25)33-15-8-9-16-38(33,36)37)29(35)32-27(17-23-12-6-5-7-13-23)28(34)21-30-14-10-11-22(2)3/h5-7,12-13,18-20,22,27-28,30-31,34,36-37H,4,8-11,14-17,21H2,1-3H3,(H,32,35)/t27-,28+/m0/s1. The Bertz CT molecular complexity index is 1010. The van der Waals surface area contributed by atoms with Gasteiger partial charge in [-0.2, -0.15) is 0 Å². The highest BCUT2D eigenvalue weighted by molar-refractivity contribution is 8.25. The first-order valence-corrected chi connectivity index (χ1v) is 15.5. The molecule has 1 saturated heterocycles. The van der Waals surface area contributed by atoms with Crippen molar-refractivity contribution < 1.29 is 19.0 Å². The van der Waals surface area contributed by atoms with Gasteiger partial charge in [-0.15, -0.1) is 10.8 Å². The maximum atomic E-state index is 13.5. The van der Waals surface area contributed by atoms with E-state index in [2.05, 4.69) is 29.8 Å². The number of carbonyl (C=O) groups is 1. The summed E-state index contributed by atoms with van der Waals surface area (Å²) in [5.41, 5.74) is 2.79. The van der Waals surface area contributed by atoms with Crippen LogP contribution in [0.3, 0.4) is 0 Å². The summed E-state index contributed by atoms with van der Waals surface area (Å²) in [5.74, 6) is 0.664. The smallest absolute Gasteiger partial charge is 0.251 e. The van der Waals surface area contributed by atoms with Crippen molar-refractivity contribution in [2.24, 2.45) is 5.92 Å².